The molecule has 2 aromatic heterocycles. The highest BCUT2D eigenvalue weighted by Crippen LogP contribution is 2.46. The van der Waals surface area contributed by atoms with E-state index in [4.69, 9.17) is 11.8 Å². The molecule has 232 valence electrons. The molecular weight excluding hydrogens is 595 g/mol. The Morgan fingerprint density at radius 2 is 1.08 bits per heavy atom. The Morgan fingerprint density at radius 1 is 0.531 bits per heavy atom. The van der Waals surface area contributed by atoms with Gasteiger partial charge in [0.2, 0.25) is 0 Å². The van der Waals surface area contributed by atoms with Crippen LogP contribution in [0.25, 0.3) is 82.9 Å². The fourth-order valence-electron chi connectivity index (χ4n) is 7.18. The molecule has 0 N–H and O–H groups in total. The van der Waals surface area contributed by atoms with E-state index < -0.39 is 13.2 Å². The van der Waals surface area contributed by atoms with E-state index in [2.05, 4.69) is 108 Å². The second kappa shape index (κ2) is 12.0. The van der Waals surface area contributed by atoms with E-state index >= 15 is 0 Å². The van der Waals surface area contributed by atoms with Crippen LogP contribution in [0.2, 0.25) is 0 Å². The average Bonchev–Trinajstić information content (AvgIpc) is 3.61. The summed E-state index contributed by atoms with van der Waals surface area (Å²) in [6.45, 7) is -2.89. The molecule has 0 saturated heterocycles. The minimum atomic E-state index is -2.89. The average molecular weight is 633 g/mol. The first-order valence-electron chi connectivity index (χ1n) is 18.8. The van der Waals surface area contributed by atoms with Gasteiger partial charge in [-0.15, -0.1) is 0 Å². The molecule has 0 bridgehead atoms. The van der Waals surface area contributed by atoms with Crippen LogP contribution in [-0.2, 0) is 6.37 Å². The topological polar surface area (TPSA) is 30.7 Å². The van der Waals surface area contributed by atoms with Crippen LogP contribution in [0.15, 0.2) is 170 Å². The van der Waals surface area contributed by atoms with Crippen LogP contribution in [0.1, 0.15) is 19.5 Å². The number of pyridine rings is 1. The number of aryl methyl sites for hydroxylation is 1. The number of hydrogen-bond donors (Lipinski definition) is 0. The van der Waals surface area contributed by atoms with E-state index in [0.717, 1.165) is 33.5 Å². The maximum atomic E-state index is 8.53. The maximum Gasteiger partial charge on any atom is 0.114 e. The van der Waals surface area contributed by atoms with Gasteiger partial charge < -0.3 is 0 Å². The number of aromatic nitrogens is 3. The summed E-state index contributed by atoms with van der Waals surface area (Å²) < 4.78 is 42.4. The number of imidazole rings is 1. The highest BCUT2D eigenvalue weighted by Gasteiger charge is 2.19. The van der Waals surface area contributed by atoms with Crippen LogP contribution < -0.4 is 0 Å². The molecule has 0 atom stereocenters. The smallest absolute Gasteiger partial charge is 0.114 e. The Bertz CT molecular complexity index is 2770. The number of para-hydroxylation sites is 2. The number of benzene rings is 7. The predicted molar refractivity (Wildman–Crippen MR) is 205 cm³/mol. The van der Waals surface area contributed by atoms with Crippen molar-refractivity contribution in [2.75, 3.05) is 0 Å². The van der Waals surface area contributed by atoms with Crippen LogP contribution in [0.5, 0.6) is 0 Å². The van der Waals surface area contributed by atoms with E-state index in [1.54, 1.807) is 10.6 Å². The van der Waals surface area contributed by atoms with Crippen molar-refractivity contribution >= 4 is 32.6 Å². The number of nitrogens with zero attached hydrogens (tertiary/aromatic N) is 3. The minimum absolute atomic E-state index is 0.147. The lowest BCUT2D eigenvalue weighted by Gasteiger charge is -2.19. The molecule has 9 aromatic rings. The van der Waals surface area contributed by atoms with Crippen molar-refractivity contribution in [1.82, 2.24) is 14.5 Å². The standard InChI is InChI=1S/C46H33N3/c1-2-44-48-42-20-9-10-21-43(42)49(44)34-28-26-32(27-29-34)31-22-24-33(25-23-31)45-37-15-5-7-17-39(37)46(40-18-8-6-16-38(40)45)36-14-4-3-13-35(36)41-19-11-12-30-47-41/h3-30H,2H2,1H3/i1D3,2D2. The number of hydrogen-bond acceptors (Lipinski definition) is 2. The zero-order chi connectivity index (χ0) is 37.0. The minimum Gasteiger partial charge on any atom is -0.296 e. The van der Waals surface area contributed by atoms with E-state index in [1.807, 2.05) is 60.8 Å². The Morgan fingerprint density at radius 3 is 1.73 bits per heavy atom. The summed E-state index contributed by atoms with van der Waals surface area (Å²) in [7, 11) is 0. The summed E-state index contributed by atoms with van der Waals surface area (Å²) in [6.07, 6.45) is -0.819. The van der Waals surface area contributed by atoms with Gasteiger partial charge in [-0.05, 0) is 91.3 Å². The zero-order valence-electron chi connectivity index (χ0n) is 31.5. The van der Waals surface area contributed by atoms with Gasteiger partial charge in [0.25, 0.3) is 0 Å². The predicted octanol–water partition coefficient (Wildman–Crippen LogP) is 12.0. The van der Waals surface area contributed by atoms with Crippen molar-refractivity contribution in [2.24, 2.45) is 0 Å². The molecule has 3 nitrogen and oxygen atoms in total. The second-order valence-corrected chi connectivity index (χ2v) is 12.1. The molecule has 2 heterocycles. The summed E-state index contributed by atoms with van der Waals surface area (Å²) in [5.74, 6) is -0.147. The lowest BCUT2D eigenvalue weighted by molar-refractivity contribution is 0.908. The van der Waals surface area contributed by atoms with E-state index in [0.29, 0.717) is 16.7 Å². The Hall–Kier alpha value is -6.32. The molecule has 3 heteroatoms. The van der Waals surface area contributed by atoms with Crippen LogP contribution in [0.4, 0.5) is 0 Å². The first-order valence-corrected chi connectivity index (χ1v) is 16.3. The molecule has 0 aliphatic carbocycles. The van der Waals surface area contributed by atoms with Gasteiger partial charge in [-0.3, -0.25) is 9.55 Å². The molecule has 0 radical (unpaired) electrons. The molecule has 0 aliphatic rings. The molecule has 0 unspecified atom stereocenters. The normalized spacial score (nSPS) is 13.5. The van der Waals surface area contributed by atoms with Crippen molar-refractivity contribution in [3.8, 4) is 50.3 Å². The first kappa shape index (κ1) is 23.9. The number of fused-ring (bicyclic) bond motifs is 3. The van der Waals surface area contributed by atoms with Gasteiger partial charge in [0.1, 0.15) is 5.82 Å². The second-order valence-electron chi connectivity index (χ2n) is 12.1. The van der Waals surface area contributed by atoms with Gasteiger partial charge in [-0.25, -0.2) is 4.98 Å². The summed E-state index contributed by atoms with van der Waals surface area (Å²) in [4.78, 5) is 9.16. The van der Waals surface area contributed by atoms with Crippen LogP contribution in [0.3, 0.4) is 0 Å². The van der Waals surface area contributed by atoms with Gasteiger partial charge in [0.05, 0.1) is 16.7 Å². The summed E-state index contributed by atoms with van der Waals surface area (Å²) >= 11 is 0. The van der Waals surface area contributed by atoms with Gasteiger partial charge in [-0.2, -0.15) is 0 Å². The van der Waals surface area contributed by atoms with E-state index in [-0.39, 0.29) is 5.82 Å². The van der Waals surface area contributed by atoms with Gasteiger partial charge in [-0.1, -0.05) is 134 Å². The number of rotatable bonds is 6. The monoisotopic (exact) mass is 632 g/mol. The third-order valence-electron chi connectivity index (χ3n) is 9.37. The molecule has 7 aromatic carbocycles. The van der Waals surface area contributed by atoms with Crippen LogP contribution >= 0.6 is 0 Å². The maximum absolute atomic E-state index is 8.53. The molecular formula is C46H33N3. The summed E-state index contributed by atoms with van der Waals surface area (Å²) in [5, 5.41) is 4.67. The summed E-state index contributed by atoms with van der Waals surface area (Å²) in [6, 6.07) is 55.4. The third kappa shape index (κ3) is 4.90. The molecule has 0 fully saturated rings. The Labute approximate surface area is 292 Å². The van der Waals surface area contributed by atoms with Gasteiger partial charge in [0.15, 0.2) is 0 Å². The lowest BCUT2D eigenvalue weighted by atomic mass is 9.84. The third-order valence-corrected chi connectivity index (χ3v) is 9.37. The zero-order valence-corrected chi connectivity index (χ0v) is 26.5. The SMILES string of the molecule is [2H]C([2H])([2H])C([2H])([2H])c1nc2ccccc2n1-c1ccc(-c2ccc(-c3c4ccccc4c(-c4ccccc4-c4ccccn4)c4ccccc34)cc2)cc1. The molecule has 0 aliphatic heterocycles. The molecule has 0 amide bonds. The van der Waals surface area contributed by atoms with Crippen LogP contribution in [0, 0.1) is 0 Å². The van der Waals surface area contributed by atoms with E-state index in [9.17, 15) is 0 Å². The molecule has 0 spiro atoms. The summed E-state index contributed by atoms with van der Waals surface area (Å²) in [5.41, 5.74) is 10.4. The quantitative estimate of drug-likeness (QED) is 0.171. The van der Waals surface area contributed by atoms with Gasteiger partial charge in [0, 0.05) is 30.7 Å². The largest absolute Gasteiger partial charge is 0.296 e. The highest BCUT2D eigenvalue weighted by atomic mass is 15.1. The molecule has 9 rings (SSSR count). The molecule has 49 heavy (non-hydrogen) atoms. The van der Waals surface area contributed by atoms with Gasteiger partial charge >= 0.3 is 0 Å². The highest BCUT2D eigenvalue weighted by molar-refractivity contribution is 6.22. The van der Waals surface area contributed by atoms with Crippen molar-refractivity contribution in [1.29, 1.82) is 0 Å². The van der Waals surface area contributed by atoms with E-state index in [1.165, 1.54) is 32.7 Å². The molecule has 0 saturated carbocycles. The Balaban J connectivity index is 1.13. The van der Waals surface area contributed by atoms with Crippen LogP contribution in [-0.4, -0.2) is 14.5 Å². The Kier molecular flexibility index (Phi) is 5.88. The van der Waals surface area contributed by atoms with Crippen molar-refractivity contribution in [3.05, 3.63) is 176 Å². The lowest BCUT2D eigenvalue weighted by Crippen LogP contribution is -1.99. The van der Waals surface area contributed by atoms with Crippen molar-refractivity contribution in [2.45, 2.75) is 13.2 Å². The van der Waals surface area contributed by atoms with Crippen molar-refractivity contribution in [3.63, 3.8) is 0 Å². The fourth-order valence-corrected chi connectivity index (χ4v) is 7.18. The fraction of sp³-hybridized carbons (Fsp3) is 0.0435. The first-order chi connectivity index (χ1) is 26.2. The van der Waals surface area contributed by atoms with Crippen molar-refractivity contribution < 1.29 is 6.85 Å².